The molecule has 0 bridgehead atoms. The van der Waals surface area contributed by atoms with Crippen LogP contribution >= 0.6 is 11.6 Å². The van der Waals surface area contributed by atoms with Crippen molar-refractivity contribution in [3.8, 4) is 5.75 Å². The number of methoxy groups -OCH3 is 1. The van der Waals surface area contributed by atoms with E-state index in [1.807, 2.05) is 0 Å². The molecule has 2 aromatic rings. The first-order valence-electron chi connectivity index (χ1n) is 6.29. The number of carbonyl (C=O) groups is 1. The number of hydrogen-bond donors (Lipinski definition) is 1. The Morgan fingerprint density at radius 3 is 2.76 bits per heavy atom. The van der Waals surface area contributed by atoms with Crippen LogP contribution in [0.3, 0.4) is 0 Å². The first-order valence-corrected chi connectivity index (χ1v) is 6.67. The molecular formula is C15H15ClO5. The largest absolute Gasteiger partial charge is 0.487 e. The summed E-state index contributed by atoms with van der Waals surface area (Å²) in [6.07, 6.45) is -1.61. The lowest BCUT2D eigenvalue weighted by Crippen LogP contribution is -2.21. The van der Waals surface area contributed by atoms with Gasteiger partial charge in [0.1, 0.15) is 23.7 Å². The first kappa shape index (κ1) is 15.4. The van der Waals surface area contributed by atoms with Crippen molar-refractivity contribution >= 4 is 17.6 Å². The van der Waals surface area contributed by atoms with Gasteiger partial charge in [0.2, 0.25) is 5.76 Å². The minimum atomic E-state index is -1.03. The highest BCUT2D eigenvalue weighted by Crippen LogP contribution is 2.25. The fourth-order valence-corrected chi connectivity index (χ4v) is 1.95. The Kier molecular flexibility index (Phi) is 4.88. The summed E-state index contributed by atoms with van der Waals surface area (Å²) in [5, 5.41) is 10.7. The summed E-state index contributed by atoms with van der Waals surface area (Å²) in [4.78, 5) is 11.3. The SMILES string of the molecule is COC(=O)c1ccc(C(O)C(C)Oc2cccc(Cl)c2)o1. The van der Waals surface area contributed by atoms with Gasteiger partial charge >= 0.3 is 5.97 Å². The van der Waals surface area contributed by atoms with Crippen molar-refractivity contribution < 1.29 is 23.8 Å². The Bertz CT molecular complexity index is 622. The van der Waals surface area contributed by atoms with E-state index in [1.54, 1.807) is 31.2 Å². The van der Waals surface area contributed by atoms with E-state index >= 15 is 0 Å². The van der Waals surface area contributed by atoms with Gasteiger partial charge in [0.05, 0.1) is 7.11 Å². The number of rotatable bonds is 5. The summed E-state index contributed by atoms with van der Waals surface area (Å²) in [6.45, 7) is 1.69. The number of aliphatic hydroxyl groups is 1. The van der Waals surface area contributed by atoms with Gasteiger partial charge < -0.3 is 19.0 Å². The van der Waals surface area contributed by atoms with E-state index in [1.165, 1.54) is 19.2 Å². The first-order chi connectivity index (χ1) is 10.0. The zero-order valence-electron chi connectivity index (χ0n) is 11.6. The Labute approximate surface area is 127 Å². The van der Waals surface area contributed by atoms with Crippen LogP contribution in [0.25, 0.3) is 0 Å². The molecule has 0 aliphatic rings. The topological polar surface area (TPSA) is 68.9 Å². The number of furan rings is 1. The lowest BCUT2D eigenvalue weighted by Gasteiger charge is -2.19. The minimum Gasteiger partial charge on any atom is -0.487 e. The highest BCUT2D eigenvalue weighted by Gasteiger charge is 2.23. The molecule has 0 spiro atoms. The van der Waals surface area contributed by atoms with Crippen molar-refractivity contribution in [3.63, 3.8) is 0 Å². The average molecular weight is 311 g/mol. The van der Waals surface area contributed by atoms with Crippen molar-refractivity contribution in [3.05, 3.63) is 52.9 Å². The number of esters is 1. The predicted octanol–water partition coefficient (Wildman–Crippen LogP) is 3.22. The summed E-state index contributed by atoms with van der Waals surface area (Å²) < 4.78 is 15.4. The van der Waals surface area contributed by atoms with Crippen LogP contribution in [-0.4, -0.2) is 24.3 Å². The van der Waals surface area contributed by atoms with E-state index in [9.17, 15) is 9.90 Å². The maximum Gasteiger partial charge on any atom is 0.373 e. The van der Waals surface area contributed by atoms with Crippen LogP contribution in [0, 0.1) is 0 Å². The molecule has 0 saturated carbocycles. The number of benzene rings is 1. The monoisotopic (exact) mass is 310 g/mol. The highest BCUT2D eigenvalue weighted by atomic mass is 35.5. The minimum absolute atomic E-state index is 0.0292. The highest BCUT2D eigenvalue weighted by molar-refractivity contribution is 6.30. The van der Waals surface area contributed by atoms with Gasteiger partial charge in [0, 0.05) is 5.02 Å². The molecule has 6 heteroatoms. The molecule has 2 unspecified atom stereocenters. The fraction of sp³-hybridized carbons (Fsp3) is 0.267. The summed E-state index contributed by atoms with van der Waals surface area (Å²) in [5.74, 6) is 0.192. The Morgan fingerprint density at radius 2 is 2.10 bits per heavy atom. The molecule has 21 heavy (non-hydrogen) atoms. The van der Waals surface area contributed by atoms with E-state index in [0.717, 1.165) is 0 Å². The molecule has 1 aromatic carbocycles. The lowest BCUT2D eigenvalue weighted by atomic mass is 10.2. The van der Waals surface area contributed by atoms with Gasteiger partial charge in [-0.3, -0.25) is 0 Å². The van der Waals surface area contributed by atoms with Crippen LogP contribution in [0.2, 0.25) is 5.02 Å². The van der Waals surface area contributed by atoms with Crippen LogP contribution in [0.1, 0.15) is 29.3 Å². The number of aliphatic hydroxyl groups excluding tert-OH is 1. The Balaban J connectivity index is 2.06. The number of halogens is 1. The third-order valence-electron chi connectivity index (χ3n) is 2.87. The Morgan fingerprint density at radius 1 is 1.33 bits per heavy atom. The normalized spacial score (nSPS) is 13.5. The zero-order chi connectivity index (χ0) is 15.4. The summed E-state index contributed by atoms with van der Waals surface area (Å²) in [5.41, 5.74) is 0. The second-order valence-electron chi connectivity index (χ2n) is 4.42. The molecule has 1 N–H and O–H groups in total. The van der Waals surface area contributed by atoms with Crippen molar-refractivity contribution in [1.29, 1.82) is 0 Å². The van der Waals surface area contributed by atoms with Gasteiger partial charge in [-0.25, -0.2) is 4.79 Å². The summed E-state index contributed by atoms with van der Waals surface area (Å²) in [6, 6.07) is 9.80. The van der Waals surface area contributed by atoms with Gasteiger partial charge in [-0.05, 0) is 37.3 Å². The van der Waals surface area contributed by atoms with Crippen molar-refractivity contribution in [2.75, 3.05) is 7.11 Å². The summed E-state index contributed by atoms with van der Waals surface area (Å²) in [7, 11) is 1.26. The van der Waals surface area contributed by atoms with E-state index in [-0.39, 0.29) is 11.5 Å². The third kappa shape index (κ3) is 3.77. The van der Waals surface area contributed by atoms with Crippen LogP contribution in [0.5, 0.6) is 5.75 Å². The second kappa shape index (κ2) is 6.65. The molecule has 112 valence electrons. The van der Waals surface area contributed by atoms with Crippen molar-refractivity contribution in [2.45, 2.75) is 19.1 Å². The van der Waals surface area contributed by atoms with E-state index < -0.39 is 18.2 Å². The molecule has 1 heterocycles. The number of carbonyl (C=O) groups excluding carboxylic acids is 1. The van der Waals surface area contributed by atoms with Crippen LogP contribution in [-0.2, 0) is 4.74 Å². The predicted molar refractivity (Wildman–Crippen MR) is 76.5 cm³/mol. The van der Waals surface area contributed by atoms with E-state index in [0.29, 0.717) is 10.8 Å². The fourth-order valence-electron chi connectivity index (χ4n) is 1.77. The molecule has 0 fully saturated rings. The molecule has 0 aliphatic heterocycles. The van der Waals surface area contributed by atoms with Crippen LogP contribution < -0.4 is 4.74 Å². The quantitative estimate of drug-likeness (QED) is 0.859. The number of ether oxygens (including phenoxy) is 2. The van der Waals surface area contributed by atoms with Gasteiger partial charge in [-0.1, -0.05) is 17.7 Å². The van der Waals surface area contributed by atoms with Crippen molar-refractivity contribution in [1.82, 2.24) is 0 Å². The van der Waals surface area contributed by atoms with Gasteiger partial charge in [0.15, 0.2) is 0 Å². The lowest BCUT2D eigenvalue weighted by molar-refractivity contribution is 0.0293. The number of hydrogen-bond acceptors (Lipinski definition) is 5. The summed E-state index contributed by atoms with van der Waals surface area (Å²) >= 11 is 5.87. The molecule has 0 saturated heterocycles. The van der Waals surface area contributed by atoms with Gasteiger partial charge in [0.25, 0.3) is 0 Å². The third-order valence-corrected chi connectivity index (χ3v) is 3.10. The molecule has 1 aromatic heterocycles. The van der Waals surface area contributed by atoms with E-state index in [4.69, 9.17) is 20.8 Å². The van der Waals surface area contributed by atoms with E-state index in [2.05, 4.69) is 4.74 Å². The maximum atomic E-state index is 11.3. The zero-order valence-corrected chi connectivity index (χ0v) is 12.3. The molecule has 0 amide bonds. The second-order valence-corrected chi connectivity index (χ2v) is 4.86. The van der Waals surface area contributed by atoms with Crippen LogP contribution in [0.4, 0.5) is 0 Å². The molecule has 0 radical (unpaired) electrons. The molecular weight excluding hydrogens is 296 g/mol. The molecule has 0 aliphatic carbocycles. The molecule has 5 nitrogen and oxygen atoms in total. The van der Waals surface area contributed by atoms with Crippen molar-refractivity contribution in [2.24, 2.45) is 0 Å². The average Bonchev–Trinajstić information content (AvgIpc) is 2.95. The van der Waals surface area contributed by atoms with Crippen LogP contribution in [0.15, 0.2) is 40.8 Å². The molecule has 2 rings (SSSR count). The maximum absolute atomic E-state index is 11.3. The smallest absolute Gasteiger partial charge is 0.373 e. The molecule has 2 atom stereocenters. The Hall–Kier alpha value is -1.98. The van der Waals surface area contributed by atoms with Gasteiger partial charge in [-0.15, -0.1) is 0 Å². The standard InChI is InChI=1S/C15H15ClO5/c1-9(20-11-5-3-4-10(16)8-11)14(17)12-6-7-13(21-12)15(18)19-2/h3-9,14,17H,1-2H3. The van der Waals surface area contributed by atoms with Gasteiger partial charge in [-0.2, -0.15) is 0 Å².